The molecule has 0 spiro atoms. The molecule has 1 aromatic carbocycles. The highest BCUT2D eigenvalue weighted by atomic mass is 35.5. The molecule has 4 heteroatoms. The molecule has 0 aliphatic carbocycles. The van der Waals surface area contributed by atoms with E-state index in [-0.39, 0.29) is 12.0 Å². The van der Waals surface area contributed by atoms with Crippen molar-refractivity contribution in [1.82, 2.24) is 5.32 Å². The van der Waals surface area contributed by atoms with E-state index in [1.165, 1.54) is 0 Å². The van der Waals surface area contributed by atoms with Crippen LogP contribution in [0.4, 0.5) is 0 Å². The molecular weight excluding hydrogens is 250 g/mol. The van der Waals surface area contributed by atoms with Gasteiger partial charge < -0.3 is 10.1 Å². The van der Waals surface area contributed by atoms with Crippen molar-refractivity contribution in [2.75, 3.05) is 13.2 Å². The van der Waals surface area contributed by atoms with Crippen LogP contribution in [0.1, 0.15) is 24.8 Å². The molecule has 0 saturated carbocycles. The zero-order valence-corrected chi connectivity index (χ0v) is 11.1. The molecule has 1 aromatic rings. The van der Waals surface area contributed by atoms with Gasteiger partial charge in [0, 0.05) is 24.6 Å². The van der Waals surface area contributed by atoms with Gasteiger partial charge >= 0.3 is 0 Å². The van der Waals surface area contributed by atoms with E-state index in [9.17, 15) is 4.79 Å². The molecule has 1 unspecified atom stereocenters. The fourth-order valence-electron chi connectivity index (χ4n) is 2.03. The highest BCUT2D eigenvalue weighted by Gasteiger charge is 2.15. The first kappa shape index (κ1) is 13.4. The van der Waals surface area contributed by atoms with Gasteiger partial charge in [0.05, 0.1) is 6.10 Å². The maximum atomic E-state index is 11.6. The lowest BCUT2D eigenvalue weighted by atomic mass is 10.1. The fourth-order valence-corrected chi connectivity index (χ4v) is 2.16. The highest BCUT2D eigenvalue weighted by molar-refractivity contribution is 6.30. The van der Waals surface area contributed by atoms with Gasteiger partial charge in [-0.05, 0) is 37.0 Å². The SMILES string of the molecule is O=C(CCc1ccc(Cl)cc1)NCC1CCCO1. The van der Waals surface area contributed by atoms with E-state index in [1.54, 1.807) is 0 Å². The minimum Gasteiger partial charge on any atom is -0.376 e. The number of benzene rings is 1. The second-order valence-electron chi connectivity index (χ2n) is 4.57. The van der Waals surface area contributed by atoms with Crippen LogP contribution in [0.5, 0.6) is 0 Å². The minimum absolute atomic E-state index is 0.0837. The molecule has 1 atom stereocenters. The lowest BCUT2D eigenvalue weighted by Crippen LogP contribution is -2.31. The summed E-state index contributed by atoms with van der Waals surface area (Å²) in [5, 5.41) is 3.64. The summed E-state index contributed by atoms with van der Waals surface area (Å²) in [6, 6.07) is 7.60. The van der Waals surface area contributed by atoms with Crippen molar-refractivity contribution in [1.29, 1.82) is 0 Å². The summed E-state index contributed by atoms with van der Waals surface area (Å²) < 4.78 is 5.45. The van der Waals surface area contributed by atoms with Crippen LogP contribution >= 0.6 is 11.6 Å². The van der Waals surface area contributed by atoms with Crippen LogP contribution < -0.4 is 5.32 Å². The topological polar surface area (TPSA) is 38.3 Å². The molecule has 3 nitrogen and oxygen atoms in total. The standard InChI is InChI=1S/C14H18ClNO2/c15-12-6-3-11(4-7-12)5-8-14(17)16-10-13-2-1-9-18-13/h3-4,6-7,13H,1-2,5,8-10H2,(H,16,17). The first-order chi connectivity index (χ1) is 8.74. The number of aryl methyl sites for hydroxylation is 1. The van der Waals surface area contributed by atoms with Crippen molar-refractivity contribution in [2.45, 2.75) is 31.8 Å². The lowest BCUT2D eigenvalue weighted by molar-refractivity contribution is -0.121. The van der Waals surface area contributed by atoms with Crippen LogP contribution in [0.25, 0.3) is 0 Å². The smallest absolute Gasteiger partial charge is 0.220 e. The number of carbonyl (C=O) groups excluding carboxylic acids is 1. The minimum atomic E-state index is 0.0837. The van der Waals surface area contributed by atoms with E-state index in [0.717, 1.165) is 36.5 Å². The molecular formula is C14H18ClNO2. The summed E-state index contributed by atoms with van der Waals surface area (Å²) in [5.41, 5.74) is 1.13. The van der Waals surface area contributed by atoms with Crippen molar-refractivity contribution in [3.63, 3.8) is 0 Å². The zero-order valence-electron chi connectivity index (χ0n) is 10.3. The molecule has 0 radical (unpaired) electrons. The third-order valence-electron chi connectivity index (χ3n) is 3.10. The lowest BCUT2D eigenvalue weighted by Gasteiger charge is -2.10. The number of halogens is 1. The average molecular weight is 268 g/mol. The van der Waals surface area contributed by atoms with Crippen molar-refractivity contribution >= 4 is 17.5 Å². The molecule has 1 N–H and O–H groups in total. The Morgan fingerprint density at radius 2 is 2.17 bits per heavy atom. The first-order valence-electron chi connectivity index (χ1n) is 6.37. The van der Waals surface area contributed by atoms with Crippen LogP contribution in [0.2, 0.25) is 5.02 Å². The molecule has 98 valence electrons. The Labute approximate surface area is 112 Å². The van der Waals surface area contributed by atoms with E-state index >= 15 is 0 Å². The third-order valence-corrected chi connectivity index (χ3v) is 3.36. The van der Waals surface area contributed by atoms with Gasteiger partial charge in [-0.2, -0.15) is 0 Å². The molecule has 1 fully saturated rings. The van der Waals surface area contributed by atoms with Crippen molar-refractivity contribution in [2.24, 2.45) is 0 Å². The Bertz CT molecular complexity index is 385. The van der Waals surface area contributed by atoms with Gasteiger partial charge in [-0.25, -0.2) is 0 Å². The Morgan fingerprint density at radius 3 is 2.83 bits per heavy atom. The number of rotatable bonds is 5. The number of hydrogen-bond acceptors (Lipinski definition) is 2. The molecule has 0 aromatic heterocycles. The van der Waals surface area contributed by atoms with E-state index in [0.29, 0.717) is 13.0 Å². The number of carbonyl (C=O) groups is 1. The predicted molar refractivity (Wildman–Crippen MR) is 71.8 cm³/mol. The van der Waals surface area contributed by atoms with Crippen LogP contribution in [-0.4, -0.2) is 25.2 Å². The predicted octanol–water partition coefficient (Wildman–Crippen LogP) is 2.57. The highest BCUT2D eigenvalue weighted by Crippen LogP contribution is 2.12. The van der Waals surface area contributed by atoms with Gasteiger partial charge in [-0.1, -0.05) is 23.7 Å². The fraction of sp³-hybridized carbons (Fsp3) is 0.500. The second kappa shape index (κ2) is 6.76. The van der Waals surface area contributed by atoms with Crippen molar-refractivity contribution < 1.29 is 9.53 Å². The summed E-state index contributed by atoms with van der Waals surface area (Å²) in [4.78, 5) is 11.6. The van der Waals surface area contributed by atoms with Crippen molar-refractivity contribution in [3.05, 3.63) is 34.9 Å². The van der Waals surface area contributed by atoms with Gasteiger partial charge in [-0.15, -0.1) is 0 Å². The average Bonchev–Trinajstić information content (AvgIpc) is 2.89. The normalized spacial score (nSPS) is 18.8. The quantitative estimate of drug-likeness (QED) is 0.890. The maximum absolute atomic E-state index is 11.6. The third kappa shape index (κ3) is 4.31. The number of hydrogen-bond donors (Lipinski definition) is 1. The summed E-state index contributed by atoms with van der Waals surface area (Å²) in [6.45, 7) is 1.46. The van der Waals surface area contributed by atoms with Gasteiger partial charge in [0.2, 0.25) is 5.91 Å². The van der Waals surface area contributed by atoms with Crippen LogP contribution in [-0.2, 0) is 16.0 Å². The first-order valence-corrected chi connectivity index (χ1v) is 6.74. The largest absolute Gasteiger partial charge is 0.376 e. The van der Waals surface area contributed by atoms with E-state index in [4.69, 9.17) is 16.3 Å². The molecule has 18 heavy (non-hydrogen) atoms. The number of nitrogens with one attached hydrogen (secondary N) is 1. The molecule has 0 bridgehead atoms. The monoisotopic (exact) mass is 267 g/mol. The van der Waals surface area contributed by atoms with E-state index in [2.05, 4.69) is 5.32 Å². The molecule has 1 aliphatic heterocycles. The van der Waals surface area contributed by atoms with Crippen LogP contribution in [0, 0.1) is 0 Å². The summed E-state index contributed by atoms with van der Waals surface area (Å²) >= 11 is 5.80. The number of amides is 1. The Balaban J connectivity index is 1.66. The maximum Gasteiger partial charge on any atom is 0.220 e. The molecule has 1 amide bonds. The molecule has 1 saturated heterocycles. The molecule has 2 rings (SSSR count). The van der Waals surface area contributed by atoms with E-state index in [1.807, 2.05) is 24.3 Å². The molecule has 1 aliphatic rings. The number of ether oxygens (including phenoxy) is 1. The van der Waals surface area contributed by atoms with Crippen LogP contribution in [0.15, 0.2) is 24.3 Å². The van der Waals surface area contributed by atoms with Gasteiger partial charge in [0.1, 0.15) is 0 Å². The van der Waals surface area contributed by atoms with Crippen molar-refractivity contribution in [3.8, 4) is 0 Å². The summed E-state index contributed by atoms with van der Waals surface area (Å²) in [6.07, 6.45) is 3.62. The Morgan fingerprint density at radius 1 is 1.39 bits per heavy atom. The van der Waals surface area contributed by atoms with Gasteiger partial charge in [0.25, 0.3) is 0 Å². The Hall–Kier alpha value is -1.06. The van der Waals surface area contributed by atoms with E-state index < -0.39 is 0 Å². The van der Waals surface area contributed by atoms with Crippen LogP contribution in [0.3, 0.4) is 0 Å². The molecule has 1 heterocycles. The summed E-state index contributed by atoms with van der Waals surface area (Å²) in [7, 11) is 0. The van der Waals surface area contributed by atoms with Gasteiger partial charge in [0.15, 0.2) is 0 Å². The second-order valence-corrected chi connectivity index (χ2v) is 5.00. The Kier molecular flexibility index (Phi) is 5.02. The van der Waals surface area contributed by atoms with Gasteiger partial charge in [-0.3, -0.25) is 4.79 Å². The zero-order chi connectivity index (χ0) is 12.8. The summed E-state index contributed by atoms with van der Waals surface area (Å²) in [5.74, 6) is 0.0837.